The lowest BCUT2D eigenvalue weighted by Crippen LogP contribution is -2.24. The number of hydrogen-bond donors (Lipinski definition) is 1. The van der Waals surface area contributed by atoms with Crippen molar-refractivity contribution in [2.24, 2.45) is 0 Å². The van der Waals surface area contributed by atoms with Crippen LogP contribution in [-0.4, -0.2) is 14.5 Å². The van der Waals surface area contributed by atoms with Gasteiger partial charge in [0.1, 0.15) is 11.4 Å². The van der Waals surface area contributed by atoms with Gasteiger partial charge in [-0.2, -0.15) is 13.2 Å². The normalized spacial score (nSPS) is 11.9. The van der Waals surface area contributed by atoms with E-state index in [1.54, 1.807) is 13.0 Å². The second-order valence-electron chi connectivity index (χ2n) is 5.57. The van der Waals surface area contributed by atoms with Crippen LogP contribution >= 0.6 is 0 Å². The Hall–Kier alpha value is -2.83. The molecular weight excluding hydrogens is 321 g/mol. The molecule has 0 aliphatic heterocycles. The summed E-state index contributed by atoms with van der Waals surface area (Å²) >= 11 is 0. The standard InChI is InChI=1S/C17H13F3N2O2/c1-9-5-6-22-13(7-9)21-15(17(18,19)20)14(16(22)24)12-4-3-11(23)8-10(12)2/h3-8,23H,1-2H3. The summed E-state index contributed by atoms with van der Waals surface area (Å²) < 4.78 is 41.6. The van der Waals surface area contributed by atoms with Gasteiger partial charge in [0.25, 0.3) is 5.56 Å². The van der Waals surface area contributed by atoms with Crippen LogP contribution in [-0.2, 0) is 6.18 Å². The lowest BCUT2D eigenvalue weighted by atomic mass is 9.99. The van der Waals surface area contributed by atoms with Crippen molar-refractivity contribution < 1.29 is 18.3 Å². The number of alkyl halides is 3. The number of hydrogen-bond acceptors (Lipinski definition) is 3. The molecule has 0 spiro atoms. The highest BCUT2D eigenvalue weighted by Crippen LogP contribution is 2.36. The fourth-order valence-corrected chi connectivity index (χ4v) is 2.62. The number of aromatic hydroxyl groups is 1. The van der Waals surface area contributed by atoms with Crippen LogP contribution in [0, 0.1) is 13.8 Å². The third kappa shape index (κ3) is 2.62. The molecule has 0 fully saturated rings. The number of aromatic nitrogens is 2. The molecule has 0 unspecified atom stereocenters. The SMILES string of the molecule is Cc1ccn2c(=O)c(-c3ccc(O)cc3C)c(C(F)(F)F)nc2c1. The van der Waals surface area contributed by atoms with Gasteiger partial charge in [0.05, 0.1) is 5.56 Å². The van der Waals surface area contributed by atoms with Crippen LogP contribution in [0.1, 0.15) is 16.8 Å². The Morgan fingerprint density at radius 1 is 1.12 bits per heavy atom. The van der Waals surface area contributed by atoms with E-state index in [1.165, 1.54) is 37.4 Å². The molecule has 0 atom stereocenters. The molecule has 3 aromatic rings. The monoisotopic (exact) mass is 334 g/mol. The molecule has 0 radical (unpaired) electrons. The zero-order chi connectivity index (χ0) is 17.6. The number of rotatable bonds is 1. The summed E-state index contributed by atoms with van der Waals surface area (Å²) in [6.07, 6.45) is -3.38. The van der Waals surface area contributed by atoms with Crippen molar-refractivity contribution in [1.29, 1.82) is 0 Å². The number of benzene rings is 1. The summed E-state index contributed by atoms with van der Waals surface area (Å²) in [7, 11) is 0. The van der Waals surface area contributed by atoms with Crippen LogP contribution in [0.15, 0.2) is 41.3 Å². The zero-order valence-electron chi connectivity index (χ0n) is 12.8. The smallest absolute Gasteiger partial charge is 0.434 e. The van der Waals surface area contributed by atoms with Crippen LogP contribution in [0.3, 0.4) is 0 Å². The molecule has 2 aromatic heterocycles. The van der Waals surface area contributed by atoms with Crippen molar-refractivity contribution in [3.8, 4) is 16.9 Å². The average Bonchev–Trinajstić information content (AvgIpc) is 2.47. The number of fused-ring (bicyclic) bond motifs is 1. The molecule has 2 heterocycles. The van der Waals surface area contributed by atoms with E-state index >= 15 is 0 Å². The van der Waals surface area contributed by atoms with E-state index in [-0.39, 0.29) is 17.0 Å². The topological polar surface area (TPSA) is 54.6 Å². The lowest BCUT2D eigenvalue weighted by Gasteiger charge is -2.15. The number of nitrogens with zero attached hydrogens (tertiary/aromatic N) is 2. The van der Waals surface area contributed by atoms with Gasteiger partial charge in [0.15, 0.2) is 5.69 Å². The first-order valence-electron chi connectivity index (χ1n) is 7.08. The third-order valence-electron chi connectivity index (χ3n) is 3.73. The van der Waals surface area contributed by atoms with Gasteiger partial charge in [-0.25, -0.2) is 4.98 Å². The van der Waals surface area contributed by atoms with Gasteiger partial charge < -0.3 is 5.11 Å². The summed E-state index contributed by atoms with van der Waals surface area (Å²) in [6.45, 7) is 3.23. The Labute approximate surface area is 134 Å². The predicted molar refractivity (Wildman–Crippen MR) is 83.0 cm³/mol. The first-order valence-corrected chi connectivity index (χ1v) is 7.08. The van der Waals surface area contributed by atoms with E-state index in [1.807, 2.05) is 0 Å². The third-order valence-corrected chi connectivity index (χ3v) is 3.73. The van der Waals surface area contributed by atoms with Gasteiger partial charge in [-0.3, -0.25) is 9.20 Å². The average molecular weight is 334 g/mol. The molecule has 24 heavy (non-hydrogen) atoms. The van der Waals surface area contributed by atoms with Crippen molar-refractivity contribution in [3.05, 3.63) is 63.7 Å². The Morgan fingerprint density at radius 2 is 1.83 bits per heavy atom. The number of halogens is 3. The Bertz CT molecular complexity index is 1010. The van der Waals surface area contributed by atoms with Crippen LogP contribution in [0.5, 0.6) is 5.75 Å². The molecule has 0 aliphatic carbocycles. The number of phenols is 1. The minimum absolute atomic E-state index is 0.0625. The van der Waals surface area contributed by atoms with E-state index in [2.05, 4.69) is 4.98 Å². The molecule has 124 valence electrons. The van der Waals surface area contributed by atoms with E-state index in [4.69, 9.17) is 0 Å². The van der Waals surface area contributed by atoms with Crippen LogP contribution in [0.25, 0.3) is 16.8 Å². The molecule has 1 N–H and O–H groups in total. The molecule has 0 bridgehead atoms. The van der Waals surface area contributed by atoms with E-state index in [0.29, 0.717) is 11.1 Å². The van der Waals surface area contributed by atoms with Gasteiger partial charge >= 0.3 is 6.18 Å². The fourth-order valence-electron chi connectivity index (χ4n) is 2.62. The maximum absolute atomic E-state index is 13.5. The number of phenolic OH excluding ortho intramolecular Hbond substituents is 1. The molecular formula is C17H13F3N2O2. The lowest BCUT2D eigenvalue weighted by molar-refractivity contribution is -0.140. The predicted octanol–water partition coefficient (Wildman–Crippen LogP) is 3.70. The second-order valence-corrected chi connectivity index (χ2v) is 5.57. The zero-order valence-corrected chi connectivity index (χ0v) is 12.8. The van der Waals surface area contributed by atoms with Crippen LogP contribution < -0.4 is 5.56 Å². The molecule has 4 nitrogen and oxygen atoms in total. The van der Waals surface area contributed by atoms with Gasteiger partial charge in [0, 0.05) is 6.20 Å². The summed E-state index contributed by atoms with van der Waals surface area (Å²) in [4.78, 5) is 16.4. The maximum Gasteiger partial charge on any atom is 0.434 e. The highest BCUT2D eigenvalue weighted by Gasteiger charge is 2.38. The molecule has 7 heteroatoms. The first kappa shape index (κ1) is 16.0. The van der Waals surface area contributed by atoms with Crippen molar-refractivity contribution in [2.75, 3.05) is 0 Å². The molecule has 0 aliphatic rings. The minimum Gasteiger partial charge on any atom is -0.508 e. The summed E-state index contributed by atoms with van der Waals surface area (Å²) in [5, 5.41) is 9.46. The molecule has 1 aromatic carbocycles. The van der Waals surface area contributed by atoms with E-state index in [9.17, 15) is 23.1 Å². The second kappa shape index (κ2) is 5.36. The van der Waals surface area contributed by atoms with Crippen LogP contribution in [0.2, 0.25) is 0 Å². The van der Waals surface area contributed by atoms with Gasteiger partial charge in [-0.15, -0.1) is 0 Å². The minimum atomic E-state index is -4.78. The fraction of sp³-hybridized carbons (Fsp3) is 0.176. The van der Waals surface area contributed by atoms with Crippen molar-refractivity contribution in [3.63, 3.8) is 0 Å². The Morgan fingerprint density at radius 3 is 2.46 bits per heavy atom. The summed E-state index contributed by atoms with van der Waals surface area (Å²) in [6, 6.07) is 6.88. The van der Waals surface area contributed by atoms with E-state index in [0.717, 1.165) is 4.40 Å². The van der Waals surface area contributed by atoms with Gasteiger partial charge in [-0.1, -0.05) is 6.07 Å². The highest BCUT2D eigenvalue weighted by atomic mass is 19.4. The van der Waals surface area contributed by atoms with Crippen molar-refractivity contribution in [2.45, 2.75) is 20.0 Å². The number of pyridine rings is 1. The molecule has 0 saturated carbocycles. The summed E-state index contributed by atoms with van der Waals surface area (Å²) in [5.41, 5.74) is -1.48. The summed E-state index contributed by atoms with van der Waals surface area (Å²) in [5.74, 6) is -0.0886. The van der Waals surface area contributed by atoms with Gasteiger partial charge in [-0.05, 0) is 54.8 Å². The molecule has 0 saturated heterocycles. The molecule has 0 amide bonds. The highest BCUT2D eigenvalue weighted by molar-refractivity contribution is 5.71. The van der Waals surface area contributed by atoms with Crippen molar-refractivity contribution >= 4 is 5.65 Å². The van der Waals surface area contributed by atoms with Crippen LogP contribution in [0.4, 0.5) is 13.2 Å². The Balaban J connectivity index is 2.47. The Kier molecular flexibility index (Phi) is 3.59. The van der Waals surface area contributed by atoms with E-state index < -0.39 is 23.0 Å². The van der Waals surface area contributed by atoms with Gasteiger partial charge in [0.2, 0.25) is 0 Å². The van der Waals surface area contributed by atoms with Crippen molar-refractivity contribution in [1.82, 2.24) is 9.38 Å². The number of aryl methyl sites for hydroxylation is 2. The molecule has 3 rings (SSSR count). The first-order chi connectivity index (χ1) is 11.2. The maximum atomic E-state index is 13.5. The quantitative estimate of drug-likeness (QED) is 0.738. The largest absolute Gasteiger partial charge is 0.508 e.